The third-order valence-corrected chi connectivity index (χ3v) is 5.42. The molecule has 2 amide bonds. The molecule has 0 unspecified atom stereocenters. The molecule has 2 aromatic carbocycles. The van der Waals surface area contributed by atoms with Gasteiger partial charge >= 0.3 is 0 Å². The van der Waals surface area contributed by atoms with Crippen molar-refractivity contribution in [1.82, 2.24) is 4.90 Å². The molecule has 1 aliphatic heterocycles. The first-order valence-corrected chi connectivity index (χ1v) is 10.2. The second kappa shape index (κ2) is 9.20. The predicted octanol–water partition coefficient (Wildman–Crippen LogP) is 5.41. The van der Waals surface area contributed by atoms with E-state index in [1.54, 1.807) is 48.6 Å². The molecular formula is C22H20ClNO4S. The summed E-state index contributed by atoms with van der Waals surface area (Å²) in [4.78, 5) is 26.7. The first-order chi connectivity index (χ1) is 13.9. The SMILES string of the molecule is C=CCc1cc(/C=C2/SC(=O)N(Cc3ccc(Cl)cc3)C2=O)cc(OCC)c1O. The molecule has 1 heterocycles. The lowest BCUT2D eigenvalue weighted by Crippen LogP contribution is -2.27. The van der Waals surface area contributed by atoms with Crippen molar-refractivity contribution in [2.24, 2.45) is 0 Å². The van der Waals surface area contributed by atoms with Gasteiger partial charge in [0.2, 0.25) is 0 Å². The number of halogens is 1. The molecule has 0 aromatic heterocycles. The zero-order chi connectivity index (χ0) is 21.0. The van der Waals surface area contributed by atoms with Crippen LogP contribution in [0, 0.1) is 0 Å². The maximum absolute atomic E-state index is 12.8. The lowest BCUT2D eigenvalue weighted by Gasteiger charge is -2.12. The summed E-state index contributed by atoms with van der Waals surface area (Å²) >= 11 is 6.78. The second-order valence-electron chi connectivity index (χ2n) is 6.35. The van der Waals surface area contributed by atoms with Crippen molar-refractivity contribution >= 4 is 40.6 Å². The number of rotatable bonds is 7. The Balaban J connectivity index is 1.88. The number of thioether (sulfide) groups is 1. The number of carbonyl (C=O) groups excluding carboxylic acids is 2. The van der Waals surface area contributed by atoms with Crippen LogP contribution in [0.3, 0.4) is 0 Å². The summed E-state index contributed by atoms with van der Waals surface area (Å²) in [6.45, 7) is 6.09. The normalized spacial score (nSPS) is 15.2. The van der Waals surface area contributed by atoms with Crippen molar-refractivity contribution in [3.63, 3.8) is 0 Å². The monoisotopic (exact) mass is 429 g/mol. The summed E-state index contributed by atoms with van der Waals surface area (Å²) in [7, 11) is 0. The van der Waals surface area contributed by atoms with Crippen LogP contribution in [0.2, 0.25) is 5.02 Å². The van der Waals surface area contributed by atoms with Crippen LogP contribution < -0.4 is 4.74 Å². The summed E-state index contributed by atoms with van der Waals surface area (Å²) in [5.41, 5.74) is 2.12. The van der Waals surface area contributed by atoms with Gasteiger partial charge in [0.15, 0.2) is 11.5 Å². The van der Waals surface area contributed by atoms with E-state index in [2.05, 4.69) is 6.58 Å². The van der Waals surface area contributed by atoms with Crippen molar-refractivity contribution in [1.29, 1.82) is 0 Å². The van der Waals surface area contributed by atoms with E-state index in [1.165, 1.54) is 4.90 Å². The molecule has 0 bridgehead atoms. The van der Waals surface area contributed by atoms with Crippen LogP contribution in [0.4, 0.5) is 4.79 Å². The van der Waals surface area contributed by atoms with Gasteiger partial charge in [-0.15, -0.1) is 6.58 Å². The molecule has 0 atom stereocenters. The average Bonchev–Trinajstić information content (AvgIpc) is 2.95. The van der Waals surface area contributed by atoms with Gasteiger partial charge in [0.1, 0.15) is 0 Å². The van der Waals surface area contributed by atoms with Gasteiger partial charge in [-0.25, -0.2) is 0 Å². The first kappa shape index (κ1) is 21.0. The fourth-order valence-electron chi connectivity index (χ4n) is 2.91. The number of carbonyl (C=O) groups is 2. The average molecular weight is 430 g/mol. The zero-order valence-corrected chi connectivity index (χ0v) is 17.4. The third-order valence-electron chi connectivity index (χ3n) is 4.27. The molecule has 7 heteroatoms. The lowest BCUT2D eigenvalue weighted by atomic mass is 10.1. The molecule has 1 aliphatic rings. The number of benzene rings is 2. The van der Waals surface area contributed by atoms with E-state index in [0.29, 0.717) is 39.8 Å². The Morgan fingerprint density at radius 2 is 1.97 bits per heavy atom. The van der Waals surface area contributed by atoms with Crippen LogP contribution in [0.5, 0.6) is 11.5 Å². The highest BCUT2D eigenvalue weighted by Gasteiger charge is 2.35. The minimum Gasteiger partial charge on any atom is -0.504 e. The number of nitrogens with zero attached hydrogens (tertiary/aromatic N) is 1. The van der Waals surface area contributed by atoms with Gasteiger partial charge < -0.3 is 9.84 Å². The molecule has 150 valence electrons. The quantitative estimate of drug-likeness (QED) is 0.471. The largest absolute Gasteiger partial charge is 0.504 e. The molecule has 0 saturated carbocycles. The van der Waals surface area contributed by atoms with Crippen molar-refractivity contribution in [2.45, 2.75) is 19.9 Å². The smallest absolute Gasteiger partial charge is 0.293 e. The van der Waals surface area contributed by atoms with Crippen LogP contribution in [-0.2, 0) is 17.8 Å². The Kier molecular flexibility index (Phi) is 6.67. The van der Waals surface area contributed by atoms with Gasteiger partial charge in [0.25, 0.3) is 11.1 Å². The minimum absolute atomic E-state index is 0.0553. The van der Waals surface area contributed by atoms with E-state index >= 15 is 0 Å². The fraction of sp³-hybridized carbons (Fsp3) is 0.182. The van der Waals surface area contributed by atoms with Crippen LogP contribution in [0.25, 0.3) is 6.08 Å². The number of allylic oxidation sites excluding steroid dienone is 1. The number of amides is 2. The number of ether oxygens (including phenoxy) is 1. The standard InChI is InChI=1S/C22H20ClNO4S/c1-3-5-16-10-15(11-18(20(16)25)28-4-2)12-19-21(26)24(22(27)29-19)13-14-6-8-17(23)9-7-14/h3,6-12,25H,1,4-5,13H2,2H3/b19-12+. The van der Waals surface area contributed by atoms with Crippen LogP contribution >= 0.6 is 23.4 Å². The maximum Gasteiger partial charge on any atom is 0.293 e. The fourth-order valence-corrected chi connectivity index (χ4v) is 3.87. The van der Waals surface area contributed by atoms with Crippen molar-refractivity contribution in [3.05, 3.63) is 75.7 Å². The van der Waals surface area contributed by atoms with Gasteiger partial charge in [-0.1, -0.05) is 29.8 Å². The number of aromatic hydroxyl groups is 1. The van der Waals surface area contributed by atoms with E-state index in [9.17, 15) is 14.7 Å². The van der Waals surface area contributed by atoms with Crippen molar-refractivity contribution in [3.8, 4) is 11.5 Å². The van der Waals surface area contributed by atoms with Crippen LogP contribution in [0.15, 0.2) is 54.0 Å². The molecule has 3 rings (SSSR count). The Bertz CT molecular complexity index is 985. The summed E-state index contributed by atoms with van der Waals surface area (Å²) in [5, 5.41) is 10.6. The molecule has 1 saturated heterocycles. The second-order valence-corrected chi connectivity index (χ2v) is 7.78. The highest BCUT2D eigenvalue weighted by atomic mass is 35.5. The summed E-state index contributed by atoms with van der Waals surface area (Å²) in [6, 6.07) is 10.4. The number of hydrogen-bond donors (Lipinski definition) is 1. The highest BCUT2D eigenvalue weighted by Crippen LogP contribution is 2.37. The molecular weight excluding hydrogens is 410 g/mol. The molecule has 1 fully saturated rings. The van der Waals surface area contributed by atoms with E-state index in [0.717, 1.165) is 17.3 Å². The number of phenols is 1. The van der Waals surface area contributed by atoms with E-state index in [4.69, 9.17) is 16.3 Å². The third kappa shape index (κ3) is 4.83. The Hall–Kier alpha value is -2.70. The number of phenolic OH excluding ortho intramolecular Hbond substituents is 1. The Morgan fingerprint density at radius 3 is 2.62 bits per heavy atom. The van der Waals surface area contributed by atoms with E-state index < -0.39 is 0 Å². The maximum atomic E-state index is 12.8. The Labute approximate surface area is 178 Å². The van der Waals surface area contributed by atoms with Crippen LogP contribution in [-0.4, -0.2) is 27.8 Å². The van der Waals surface area contributed by atoms with Gasteiger partial charge in [0, 0.05) is 10.6 Å². The first-order valence-electron chi connectivity index (χ1n) is 9.02. The zero-order valence-electron chi connectivity index (χ0n) is 15.9. The number of imide groups is 1. The molecule has 0 aliphatic carbocycles. The molecule has 1 N–H and O–H groups in total. The van der Waals surface area contributed by atoms with Crippen molar-refractivity contribution in [2.75, 3.05) is 6.61 Å². The Morgan fingerprint density at radius 1 is 1.24 bits per heavy atom. The van der Waals surface area contributed by atoms with Gasteiger partial charge in [-0.3, -0.25) is 14.5 Å². The van der Waals surface area contributed by atoms with Gasteiger partial charge in [-0.05, 0) is 66.6 Å². The minimum atomic E-state index is -0.355. The van der Waals surface area contributed by atoms with E-state index in [1.807, 2.05) is 6.92 Å². The number of hydrogen-bond acceptors (Lipinski definition) is 5. The predicted molar refractivity (Wildman–Crippen MR) is 116 cm³/mol. The van der Waals surface area contributed by atoms with Crippen LogP contribution in [0.1, 0.15) is 23.6 Å². The van der Waals surface area contributed by atoms with Crippen molar-refractivity contribution < 1.29 is 19.4 Å². The summed E-state index contributed by atoms with van der Waals surface area (Å²) in [5.74, 6) is 0.0319. The topological polar surface area (TPSA) is 66.8 Å². The molecule has 29 heavy (non-hydrogen) atoms. The molecule has 0 radical (unpaired) electrons. The molecule has 5 nitrogen and oxygen atoms in total. The van der Waals surface area contributed by atoms with Gasteiger partial charge in [-0.2, -0.15) is 0 Å². The van der Waals surface area contributed by atoms with Gasteiger partial charge in [0.05, 0.1) is 18.1 Å². The highest BCUT2D eigenvalue weighted by molar-refractivity contribution is 8.18. The van der Waals surface area contributed by atoms with E-state index in [-0.39, 0.29) is 23.4 Å². The molecule has 2 aromatic rings. The lowest BCUT2D eigenvalue weighted by molar-refractivity contribution is -0.123. The molecule has 0 spiro atoms. The summed E-state index contributed by atoms with van der Waals surface area (Å²) in [6.07, 6.45) is 3.77. The summed E-state index contributed by atoms with van der Waals surface area (Å²) < 4.78 is 5.49.